The predicted molar refractivity (Wildman–Crippen MR) is 108 cm³/mol. The van der Waals surface area contributed by atoms with Gasteiger partial charge >= 0.3 is 0 Å². The molecule has 0 spiro atoms. The summed E-state index contributed by atoms with van der Waals surface area (Å²) in [5.41, 5.74) is 1.62. The highest BCUT2D eigenvalue weighted by Crippen LogP contribution is 2.26. The van der Waals surface area contributed by atoms with Crippen molar-refractivity contribution in [2.24, 2.45) is 4.99 Å². The zero-order valence-electron chi connectivity index (χ0n) is 14.6. The van der Waals surface area contributed by atoms with E-state index in [1.54, 1.807) is 6.07 Å². The normalized spacial score (nSPS) is 17.6. The summed E-state index contributed by atoms with van der Waals surface area (Å²) in [7, 11) is 0. The smallest absolute Gasteiger partial charge is 0.191 e. The molecule has 2 aromatic rings. The Morgan fingerprint density at radius 1 is 1.36 bits per heavy atom. The molecule has 1 aliphatic rings. The van der Waals surface area contributed by atoms with E-state index in [9.17, 15) is 4.39 Å². The predicted octanol–water partition coefficient (Wildman–Crippen LogP) is 3.73. The highest BCUT2D eigenvalue weighted by molar-refractivity contribution is 14.0. The lowest BCUT2D eigenvalue weighted by molar-refractivity contribution is 0.114. The molecule has 2 N–H and O–H groups in total. The topological polar surface area (TPSA) is 58.8 Å². The van der Waals surface area contributed by atoms with Crippen LogP contribution < -0.4 is 10.6 Å². The average molecular weight is 461 g/mol. The largest absolute Gasteiger partial charge is 0.459 e. The van der Waals surface area contributed by atoms with E-state index in [0.717, 1.165) is 55.2 Å². The van der Waals surface area contributed by atoms with Gasteiger partial charge in [-0.15, -0.1) is 24.0 Å². The van der Waals surface area contributed by atoms with Crippen LogP contribution in [0.1, 0.15) is 31.1 Å². The summed E-state index contributed by atoms with van der Waals surface area (Å²) in [6, 6.07) is 4.57. The Balaban J connectivity index is 0.00000225. The fraction of sp³-hybridized carbons (Fsp3) is 0.500. The lowest BCUT2D eigenvalue weighted by Crippen LogP contribution is -2.41. The van der Waals surface area contributed by atoms with Gasteiger partial charge in [0.15, 0.2) is 5.96 Å². The summed E-state index contributed by atoms with van der Waals surface area (Å²) < 4.78 is 24.8. The van der Waals surface area contributed by atoms with E-state index >= 15 is 0 Å². The first-order valence-corrected chi connectivity index (χ1v) is 8.48. The third kappa shape index (κ3) is 5.07. The van der Waals surface area contributed by atoms with E-state index < -0.39 is 0 Å². The molecule has 5 nitrogen and oxygen atoms in total. The van der Waals surface area contributed by atoms with E-state index in [1.807, 2.05) is 13.8 Å². The molecule has 1 aromatic heterocycles. The summed E-state index contributed by atoms with van der Waals surface area (Å²) in [6.45, 7) is 6.73. The van der Waals surface area contributed by atoms with Crippen LogP contribution in [-0.4, -0.2) is 31.8 Å². The molecule has 1 unspecified atom stereocenters. The second-order valence-corrected chi connectivity index (χ2v) is 6.00. The van der Waals surface area contributed by atoms with Crippen molar-refractivity contribution in [3.05, 3.63) is 35.3 Å². The van der Waals surface area contributed by atoms with Gasteiger partial charge in [-0.1, -0.05) is 0 Å². The van der Waals surface area contributed by atoms with Crippen molar-refractivity contribution in [1.82, 2.24) is 10.6 Å². The summed E-state index contributed by atoms with van der Waals surface area (Å²) >= 11 is 0. The number of nitrogens with one attached hydrogen (secondary N) is 2. The second kappa shape index (κ2) is 9.38. The van der Waals surface area contributed by atoms with Gasteiger partial charge in [-0.3, -0.25) is 0 Å². The molecule has 1 saturated heterocycles. The zero-order chi connectivity index (χ0) is 16.9. The number of hydrogen-bond acceptors (Lipinski definition) is 3. The number of aryl methyl sites for hydroxylation is 1. The molecule has 0 radical (unpaired) electrons. The number of hydrogen-bond donors (Lipinski definition) is 2. The second-order valence-electron chi connectivity index (χ2n) is 6.00. The maximum Gasteiger partial charge on any atom is 0.191 e. The van der Waals surface area contributed by atoms with Crippen molar-refractivity contribution in [2.75, 3.05) is 19.7 Å². The molecular formula is C18H25FIN3O2. The number of guanidine groups is 1. The Morgan fingerprint density at radius 3 is 2.92 bits per heavy atom. The third-order valence-electron chi connectivity index (χ3n) is 4.24. The summed E-state index contributed by atoms with van der Waals surface area (Å²) in [5, 5.41) is 7.33. The van der Waals surface area contributed by atoms with Gasteiger partial charge < -0.3 is 19.8 Å². The van der Waals surface area contributed by atoms with Crippen LogP contribution in [0, 0.1) is 12.7 Å². The fourth-order valence-corrected chi connectivity index (χ4v) is 2.90. The van der Waals surface area contributed by atoms with Gasteiger partial charge in [0.05, 0.1) is 6.10 Å². The lowest BCUT2D eigenvalue weighted by atomic mass is 10.1. The first-order valence-electron chi connectivity index (χ1n) is 8.48. The number of nitrogens with zero attached hydrogens (tertiary/aromatic N) is 1. The fourth-order valence-electron chi connectivity index (χ4n) is 2.90. The first kappa shape index (κ1) is 20.0. The number of furan rings is 1. The van der Waals surface area contributed by atoms with Gasteiger partial charge in [0.2, 0.25) is 0 Å². The Hall–Kier alpha value is -1.35. The number of ether oxygens (including phenoxy) is 1. The van der Waals surface area contributed by atoms with Crippen molar-refractivity contribution in [1.29, 1.82) is 0 Å². The molecule has 138 valence electrons. The molecule has 1 atom stereocenters. The molecule has 3 rings (SSSR count). The summed E-state index contributed by atoms with van der Waals surface area (Å²) in [5.74, 6) is 1.23. The number of rotatable bonds is 5. The van der Waals surface area contributed by atoms with Gasteiger partial charge in [0.25, 0.3) is 0 Å². The molecule has 0 bridgehead atoms. The molecule has 0 saturated carbocycles. The summed E-state index contributed by atoms with van der Waals surface area (Å²) in [6.07, 6.45) is 2.46. The molecule has 0 aliphatic carbocycles. The summed E-state index contributed by atoms with van der Waals surface area (Å²) in [4.78, 5) is 4.57. The molecule has 1 aliphatic heterocycles. The van der Waals surface area contributed by atoms with Crippen LogP contribution in [0.25, 0.3) is 11.0 Å². The van der Waals surface area contributed by atoms with Crippen LogP contribution in [-0.2, 0) is 11.3 Å². The van der Waals surface area contributed by atoms with Crippen LogP contribution in [0.4, 0.5) is 4.39 Å². The Morgan fingerprint density at radius 2 is 2.20 bits per heavy atom. The Bertz CT molecular complexity index is 726. The van der Waals surface area contributed by atoms with Crippen LogP contribution in [0.2, 0.25) is 0 Å². The average Bonchev–Trinajstić information content (AvgIpc) is 3.19. The first-order chi connectivity index (χ1) is 11.7. The van der Waals surface area contributed by atoms with Gasteiger partial charge in [-0.25, -0.2) is 9.38 Å². The zero-order valence-corrected chi connectivity index (χ0v) is 16.9. The maximum absolute atomic E-state index is 13.4. The number of benzene rings is 1. The van der Waals surface area contributed by atoms with Gasteiger partial charge in [0.1, 0.15) is 23.7 Å². The Kier molecular flexibility index (Phi) is 7.49. The van der Waals surface area contributed by atoms with E-state index in [2.05, 4.69) is 15.6 Å². The van der Waals surface area contributed by atoms with Crippen molar-refractivity contribution in [3.8, 4) is 0 Å². The van der Waals surface area contributed by atoms with E-state index in [-0.39, 0.29) is 35.9 Å². The van der Waals surface area contributed by atoms with E-state index in [4.69, 9.17) is 9.15 Å². The minimum atomic E-state index is -0.256. The number of aliphatic imine (C=N–C) groups is 1. The molecule has 2 heterocycles. The van der Waals surface area contributed by atoms with E-state index in [1.165, 1.54) is 12.1 Å². The SMILES string of the molecule is CCNC(=NCc1oc2ccc(F)cc2c1C)NCC1CCCO1.I. The highest BCUT2D eigenvalue weighted by Gasteiger charge is 2.16. The minimum Gasteiger partial charge on any atom is -0.459 e. The Labute approximate surface area is 164 Å². The van der Waals surface area contributed by atoms with Crippen LogP contribution in [0.3, 0.4) is 0 Å². The molecular weight excluding hydrogens is 436 g/mol. The number of fused-ring (bicyclic) bond motifs is 1. The molecule has 7 heteroatoms. The lowest BCUT2D eigenvalue weighted by Gasteiger charge is -2.14. The molecule has 1 fully saturated rings. The molecule has 0 amide bonds. The van der Waals surface area contributed by atoms with E-state index in [0.29, 0.717) is 12.1 Å². The van der Waals surface area contributed by atoms with Gasteiger partial charge in [-0.2, -0.15) is 0 Å². The van der Waals surface area contributed by atoms with Crippen LogP contribution in [0.5, 0.6) is 0 Å². The van der Waals surface area contributed by atoms with Crippen molar-refractivity contribution >= 4 is 40.9 Å². The van der Waals surface area contributed by atoms with Crippen LogP contribution in [0.15, 0.2) is 27.6 Å². The minimum absolute atomic E-state index is 0. The number of halogens is 2. The third-order valence-corrected chi connectivity index (χ3v) is 4.24. The molecule has 25 heavy (non-hydrogen) atoms. The monoisotopic (exact) mass is 461 g/mol. The van der Waals surface area contributed by atoms with Crippen LogP contribution >= 0.6 is 24.0 Å². The maximum atomic E-state index is 13.4. The molecule has 1 aromatic carbocycles. The van der Waals surface area contributed by atoms with Crippen molar-refractivity contribution in [2.45, 2.75) is 39.3 Å². The van der Waals surface area contributed by atoms with Gasteiger partial charge in [0, 0.05) is 30.6 Å². The van der Waals surface area contributed by atoms with Crippen molar-refractivity contribution < 1.29 is 13.5 Å². The van der Waals surface area contributed by atoms with Gasteiger partial charge in [-0.05, 0) is 44.9 Å². The quantitative estimate of drug-likeness (QED) is 0.405. The highest BCUT2D eigenvalue weighted by atomic mass is 127. The van der Waals surface area contributed by atoms with Crippen molar-refractivity contribution in [3.63, 3.8) is 0 Å². The standard InChI is InChI=1S/C18H24FN3O2.HI/c1-3-20-18(21-10-14-5-4-8-23-14)22-11-17-12(2)15-9-13(19)6-7-16(15)24-17;/h6-7,9,14H,3-5,8,10-11H2,1-2H3,(H2,20,21,22);1H.